The van der Waals surface area contributed by atoms with Crippen LogP contribution in [0.25, 0.3) is 0 Å². The normalized spacial score (nSPS) is 10.5. The molecule has 0 aromatic heterocycles. The summed E-state index contributed by atoms with van der Waals surface area (Å²) in [5.41, 5.74) is -0.306. The van der Waals surface area contributed by atoms with Crippen molar-refractivity contribution in [3.63, 3.8) is 0 Å². The Balaban J connectivity index is 0. The van der Waals surface area contributed by atoms with Gasteiger partial charge in [0, 0.05) is 5.41 Å². The van der Waals surface area contributed by atoms with Gasteiger partial charge in [0.05, 0.1) is 13.2 Å². The molecule has 0 radical (unpaired) electrons. The molecule has 0 heterocycles. The van der Waals surface area contributed by atoms with E-state index in [0.29, 0.717) is 0 Å². The summed E-state index contributed by atoms with van der Waals surface area (Å²) in [5, 5.41) is 16.9. The molecule has 3 heteroatoms. The zero-order valence-electron chi connectivity index (χ0n) is 4.81. The van der Waals surface area contributed by atoms with Crippen molar-refractivity contribution in [2.24, 2.45) is 5.41 Å². The van der Waals surface area contributed by atoms with Gasteiger partial charge in [-0.15, -0.1) is 0 Å². The van der Waals surface area contributed by atoms with Gasteiger partial charge in [-0.2, -0.15) is 0 Å². The molecule has 0 amide bonds. The van der Waals surface area contributed by atoms with Crippen molar-refractivity contribution in [2.45, 2.75) is 13.8 Å². The number of hydrogen-bond acceptors (Lipinski definition) is 2. The number of rotatable bonds is 2. The van der Waals surface area contributed by atoms with Gasteiger partial charge in [0.15, 0.2) is 0 Å². The van der Waals surface area contributed by atoms with Crippen LogP contribution in [0.1, 0.15) is 13.8 Å². The van der Waals surface area contributed by atoms with Crippen LogP contribution < -0.4 is 0 Å². The van der Waals surface area contributed by atoms with Gasteiger partial charge in [-0.1, -0.05) is 13.8 Å². The van der Waals surface area contributed by atoms with Crippen molar-refractivity contribution in [3.8, 4) is 0 Å². The summed E-state index contributed by atoms with van der Waals surface area (Å²) in [6.45, 7) is 3.69. The Morgan fingerprint density at radius 1 is 1.12 bits per heavy atom. The monoisotopic (exact) mass is 146 g/mol. The fraction of sp³-hybridized carbons (Fsp3) is 1.00. The Kier molecular flexibility index (Phi) is 7.45. The fourth-order valence-electron chi connectivity index (χ4n) is 0.0500. The predicted octanol–water partition coefficient (Wildman–Crippen LogP) is -0.919. The summed E-state index contributed by atoms with van der Waals surface area (Å²) in [6, 6.07) is 0. The molecule has 0 aromatic carbocycles. The summed E-state index contributed by atoms with van der Waals surface area (Å²) in [6.07, 6.45) is 0. The molecule has 0 aromatic rings. The van der Waals surface area contributed by atoms with Crippen LogP contribution in [0.2, 0.25) is 0 Å². The molecule has 2 nitrogen and oxygen atoms in total. The van der Waals surface area contributed by atoms with Crippen LogP contribution in [0.3, 0.4) is 0 Å². The summed E-state index contributed by atoms with van der Waals surface area (Å²) >= 11 is 0. The molecule has 0 saturated carbocycles. The Morgan fingerprint density at radius 3 is 1.38 bits per heavy atom. The zero-order chi connectivity index (χ0) is 5.91. The van der Waals surface area contributed by atoms with Crippen molar-refractivity contribution < 1.29 is 10.2 Å². The van der Waals surface area contributed by atoms with Crippen molar-refractivity contribution in [1.82, 2.24) is 0 Å². The van der Waals surface area contributed by atoms with E-state index in [2.05, 4.69) is 0 Å². The third-order valence-corrected chi connectivity index (χ3v) is 0.856. The van der Waals surface area contributed by atoms with E-state index in [4.69, 9.17) is 10.2 Å². The number of hydrogen-bond donors (Lipinski definition) is 2. The molecule has 0 aliphatic carbocycles. The van der Waals surface area contributed by atoms with Gasteiger partial charge < -0.3 is 10.2 Å². The SMILES string of the molecule is CC(C)(CO)CO.[CaH2]. The van der Waals surface area contributed by atoms with Crippen molar-refractivity contribution in [3.05, 3.63) is 0 Å². The van der Waals surface area contributed by atoms with E-state index in [9.17, 15) is 0 Å². The average Bonchev–Trinajstić information content (AvgIpc) is 1.68. The van der Waals surface area contributed by atoms with E-state index in [1.807, 2.05) is 0 Å². The van der Waals surface area contributed by atoms with Crippen LogP contribution in [0, 0.1) is 5.41 Å². The molecule has 0 aliphatic rings. The third kappa shape index (κ3) is 5.32. The molecule has 0 fully saturated rings. The van der Waals surface area contributed by atoms with E-state index in [-0.39, 0.29) is 56.4 Å². The van der Waals surface area contributed by atoms with Gasteiger partial charge in [-0.05, 0) is 0 Å². The molecular formula is C5H14CaO2. The summed E-state index contributed by atoms with van der Waals surface area (Å²) in [5.74, 6) is 0. The number of aliphatic hydroxyl groups excluding tert-OH is 2. The van der Waals surface area contributed by atoms with Gasteiger partial charge in [0.1, 0.15) is 0 Å². The van der Waals surface area contributed by atoms with Crippen LogP contribution in [0.15, 0.2) is 0 Å². The minimum atomic E-state index is -0.306. The zero-order valence-corrected chi connectivity index (χ0v) is 4.81. The van der Waals surface area contributed by atoms with Crippen LogP contribution in [0.4, 0.5) is 0 Å². The first kappa shape index (κ1) is 11.9. The van der Waals surface area contributed by atoms with E-state index in [1.54, 1.807) is 13.8 Å². The second-order valence-electron chi connectivity index (χ2n) is 2.48. The Labute approximate surface area is 79.9 Å². The van der Waals surface area contributed by atoms with Crippen LogP contribution >= 0.6 is 0 Å². The van der Waals surface area contributed by atoms with E-state index in [1.165, 1.54) is 0 Å². The van der Waals surface area contributed by atoms with Gasteiger partial charge in [-0.25, -0.2) is 0 Å². The second-order valence-corrected chi connectivity index (χ2v) is 2.48. The standard InChI is InChI=1S/C5H12O2.Ca.2H/c1-5(2,3-6)4-7;;;/h6-7H,3-4H2,1-2H3;;;. The van der Waals surface area contributed by atoms with Gasteiger partial charge in [-0.3, -0.25) is 0 Å². The first-order valence-electron chi connectivity index (χ1n) is 2.34. The van der Waals surface area contributed by atoms with Crippen molar-refractivity contribution >= 4 is 37.7 Å². The first-order chi connectivity index (χ1) is 3.12. The molecular weight excluding hydrogens is 132 g/mol. The summed E-state index contributed by atoms with van der Waals surface area (Å²) in [4.78, 5) is 0. The van der Waals surface area contributed by atoms with E-state index >= 15 is 0 Å². The molecule has 0 unspecified atom stereocenters. The fourth-order valence-corrected chi connectivity index (χ4v) is 0.0500. The molecule has 0 atom stereocenters. The van der Waals surface area contributed by atoms with Gasteiger partial charge in [0.25, 0.3) is 0 Å². The predicted molar refractivity (Wildman–Crippen MR) is 36.5 cm³/mol. The maximum atomic E-state index is 8.43. The molecule has 2 N–H and O–H groups in total. The third-order valence-electron chi connectivity index (χ3n) is 0.856. The van der Waals surface area contributed by atoms with Crippen molar-refractivity contribution in [1.29, 1.82) is 0 Å². The van der Waals surface area contributed by atoms with Crippen molar-refractivity contribution in [2.75, 3.05) is 13.2 Å². The van der Waals surface area contributed by atoms with E-state index in [0.717, 1.165) is 0 Å². The minimum absolute atomic E-state index is 0. The Morgan fingerprint density at radius 2 is 1.38 bits per heavy atom. The summed E-state index contributed by atoms with van der Waals surface area (Å²) < 4.78 is 0. The number of aliphatic hydroxyl groups is 2. The quantitative estimate of drug-likeness (QED) is 0.495. The molecule has 0 aliphatic heterocycles. The molecule has 8 heavy (non-hydrogen) atoms. The second kappa shape index (κ2) is 5.00. The van der Waals surface area contributed by atoms with E-state index < -0.39 is 0 Å². The van der Waals surface area contributed by atoms with Crippen LogP contribution in [-0.2, 0) is 0 Å². The van der Waals surface area contributed by atoms with Crippen LogP contribution in [-0.4, -0.2) is 61.2 Å². The van der Waals surface area contributed by atoms with Crippen LogP contribution in [0.5, 0.6) is 0 Å². The molecule has 0 bridgehead atoms. The topological polar surface area (TPSA) is 40.5 Å². The average molecular weight is 146 g/mol. The molecule has 0 spiro atoms. The first-order valence-corrected chi connectivity index (χ1v) is 2.34. The summed E-state index contributed by atoms with van der Waals surface area (Å²) in [7, 11) is 0. The van der Waals surface area contributed by atoms with Gasteiger partial charge >= 0.3 is 37.7 Å². The Bertz CT molecular complexity index is 48.4. The molecule has 48 valence electrons. The Hall–Kier alpha value is 1.18. The molecule has 0 saturated heterocycles. The van der Waals surface area contributed by atoms with Gasteiger partial charge in [0.2, 0.25) is 0 Å². The maximum absolute atomic E-state index is 8.43. The molecule has 0 rings (SSSR count).